The molecule has 1 aromatic carbocycles. The molecule has 0 bridgehead atoms. The van der Waals surface area contributed by atoms with Crippen molar-refractivity contribution in [2.75, 3.05) is 0 Å². The Morgan fingerprint density at radius 2 is 1.72 bits per heavy atom. The van der Waals surface area contributed by atoms with Crippen LogP contribution in [0.15, 0.2) is 24.3 Å². The quantitative estimate of drug-likeness (QED) is 0.809. The number of carbonyl (C=O) groups excluding carboxylic acids is 1. The number of amides is 1. The lowest BCUT2D eigenvalue weighted by Gasteiger charge is -2.25. The molecule has 1 fully saturated rings. The van der Waals surface area contributed by atoms with E-state index in [1.807, 2.05) is 19.9 Å². The van der Waals surface area contributed by atoms with E-state index >= 15 is 0 Å². The van der Waals surface area contributed by atoms with Crippen molar-refractivity contribution in [2.45, 2.75) is 64.8 Å². The van der Waals surface area contributed by atoms with Gasteiger partial charge in [-0.2, -0.15) is 0 Å². The van der Waals surface area contributed by atoms with E-state index in [1.165, 1.54) is 44.2 Å². The topological polar surface area (TPSA) is 48.0 Å². The van der Waals surface area contributed by atoms with Gasteiger partial charge < -0.3 is 10.3 Å². The zero-order chi connectivity index (χ0) is 18.0. The van der Waals surface area contributed by atoms with Crippen molar-refractivity contribution in [3.63, 3.8) is 0 Å². The molecule has 4 heteroatoms. The van der Waals surface area contributed by atoms with Crippen LogP contribution in [0, 0.1) is 19.7 Å². The Kier molecular flexibility index (Phi) is 5.26. The first-order chi connectivity index (χ1) is 12.0. The first-order valence-corrected chi connectivity index (χ1v) is 9.28. The Labute approximate surface area is 149 Å². The second-order valence-electron chi connectivity index (χ2n) is 7.16. The van der Waals surface area contributed by atoms with Crippen LogP contribution in [-0.2, 0) is 0 Å². The minimum Gasteiger partial charge on any atom is -0.366 e. The van der Waals surface area contributed by atoms with Gasteiger partial charge in [-0.15, -0.1) is 0 Å². The molecule has 1 aliphatic carbocycles. The Hall–Kier alpha value is -2.10. The molecule has 0 unspecified atom stereocenters. The van der Waals surface area contributed by atoms with Crippen LogP contribution < -0.4 is 5.73 Å². The van der Waals surface area contributed by atoms with E-state index in [2.05, 4.69) is 4.57 Å². The molecule has 0 radical (unpaired) electrons. The van der Waals surface area contributed by atoms with Crippen molar-refractivity contribution >= 4 is 5.91 Å². The average Bonchev–Trinajstić information content (AvgIpc) is 2.79. The highest BCUT2D eigenvalue weighted by molar-refractivity contribution is 6.02. The molecular weight excluding hydrogens is 315 g/mol. The molecule has 2 N–H and O–H groups in total. The summed E-state index contributed by atoms with van der Waals surface area (Å²) in [5.74, 6) is -0.742. The van der Waals surface area contributed by atoms with Crippen LogP contribution in [0.3, 0.4) is 0 Å². The van der Waals surface area contributed by atoms with Crippen molar-refractivity contribution in [2.24, 2.45) is 5.73 Å². The van der Waals surface area contributed by atoms with Gasteiger partial charge >= 0.3 is 0 Å². The summed E-state index contributed by atoms with van der Waals surface area (Å²) in [6.45, 7) is 3.99. The Balaban J connectivity index is 2.14. The summed E-state index contributed by atoms with van der Waals surface area (Å²) in [4.78, 5) is 12.2. The SMILES string of the molecule is Cc1c(C(N)=O)c(-c2cccc(F)c2)c(C)n1C1CCCCCCC1. The first kappa shape index (κ1) is 17.7. The molecule has 0 atom stereocenters. The highest BCUT2D eigenvalue weighted by Gasteiger charge is 2.26. The zero-order valence-electron chi connectivity index (χ0n) is 15.1. The van der Waals surface area contributed by atoms with E-state index in [0.29, 0.717) is 11.6 Å². The molecule has 1 aromatic heterocycles. The molecule has 0 spiro atoms. The number of hydrogen-bond acceptors (Lipinski definition) is 1. The number of carbonyl (C=O) groups is 1. The lowest BCUT2D eigenvalue weighted by atomic mass is 9.96. The van der Waals surface area contributed by atoms with Gasteiger partial charge in [0.1, 0.15) is 5.82 Å². The number of halogens is 1. The Morgan fingerprint density at radius 1 is 1.08 bits per heavy atom. The van der Waals surface area contributed by atoms with E-state index in [1.54, 1.807) is 6.07 Å². The predicted octanol–water partition coefficient (Wildman–Crippen LogP) is 5.30. The standard InChI is InChI=1S/C21H27FN2O/c1-14-19(16-9-8-10-17(22)13-16)20(21(23)25)15(2)24(14)18-11-6-4-3-5-7-12-18/h8-10,13,18H,3-7,11-12H2,1-2H3,(H2,23,25). The fraction of sp³-hybridized carbons (Fsp3) is 0.476. The molecule has 25 heavy (non-hydrogen) atoms. The van der Waals surface area contributed by atoms with Gasteiger partial charge in [0.05, 0.1) is 5.56 Å². The average molecular weight is 342 g/mol. The fourth-order valence-corrected chi connectivity index (χ4v) is 4.39. The van der Waals surface area contributed by atoms with Crippen LogP contribution in [0.1, 0.15) is 72.7 Å². The third kappa shape index (κ3) is 3.48. The van der Waals surface area contributed by atoms with Gasteiger partial charge in [-0.3, -0.25) is 4.79 Å². The fourth-order valence-electron chi connectivity index (χ4n) is 4.39. The van der Waals surface area contributed by atoms with Gasteiger partial charge in [-0.1, -0.05) is 44.2 Å². The van der Waals surface area contributed by atoms with E-state index in [9.17, 15) is 9.18 Å². The van der Waals surface area contributed by atoms with Gasteiger partial charge in [0.2, 0.25) is 0 Å². The smallest absolute Gasteiger partial charge is 0.251 e. The molecule has 0 saturated heterocycles. The maximum Gasteiger partial charge on any atom is 0.251 e. The molecule has 134 valence electrons. The zero-order valence-corrected chi connectivity index (χ0v) is 15.1. The lowest BCUT2D eigenvalue weighted by molar-refractivity contribution is 0.1000. The normalized spacial score (nSPS) is 16.4. The van der Waals surface area contributed by atoms with Gasteiger partial charge in [0.15, 0.2) is 0 Å². The lowest BCUT2D eigenvalue weighted by Crippen LogP contribution is -2.16. The van der Waals surface area contributed by atoms with Gasteiger partial charge in [0.25, 0.3) is 5.91 Å². The van der Waals surface area contributed by atoms with Gasteiger partial charge in [0, 0.05) is 23.0 Å². The van der Waals surface area contributed by atoms with Crippen LogP contribution in [0.2, 0.25) is 0 Å². The number of nitrogens with zero attached hydrogens (tertiary/aromatic N) is 1. The number of primary amides is 1. The third-order valence-corrected chi connectivity index (χ3v) is 5.50. The summed E-state index contributed by atoms with van der Waals surface area (Å²) in [5.41, 5.74) is 9.68. The van der Waals surface area contributed by atoms with Crippen molar-refractivity contribution in [3.05, 3.63) is 47.0 Å². The van der Waals surface area contributed by atoms with Crippen LogP contribution in [0.25, 0.3) is 11.1 Å². The first-order valence-electron chi connectivity index (χ1n) is 9.28. The highest BCUT2D eigenvalue weighted by atomic mass is 19.1. The summed E-state index contributed by atoms with van der Waals surface area (Å²) in [6.07, 6.45) is 8.53. The Morgan fingerprint density at radius 3 is 2.32 bits per heavy atom. The molecule has 2 aromatic rings. The predicted molar refractivity (Wildman–Crippen MR) is 99.2 cm³/mol. The Bertz CT molecular complexity index is 770. The van der Waals surface area contributed by atoms with E-state index < -0.39 is 5.91 Å². The minimum absolute atomic E-state index is 0.302. The molecule has 1 aliphatic rings. The van der Waals surface area contributed by atoms with Crippen LogP contribution in [-0.4, -0.2) is 10.5 Å². The van der Waals surface area contributed by atoms with Crippen LogP contribution in [0.4, 0.5) is 4.39 Å². The van der Waals surface area contributed by atoms with E-state index in [0.717, 1.165) is 35.4 Å². The molecule has 3 nitrogen and oxygen atoms in total. The summed E-state index contributed by atoms with van der Waals surface area (Å²) in [6, 6.07) is 6.82. The molecule has 1 amide bonds. The maximum atomic E-state index is 13.8. The molecule has 3 rings (SSSR count). The van der Waals surface area contributed by atoms with Crippen molar-refractivity contribution in [1.29, 1.82) is 0 Å². The van der Waals surface area contributed by atoms with Crippen molar-refractivity contribution in [3.8, 4) is 11.1 Å². The van der Waals surface area contributed by atoms with Gasteiger partial charge in [-0.05, 0) is 44.4 Å². The third-order valence-electron chi connectivity index (χ3n) is 5.50. The van der Waals surface area contributed by atoms with Crippen LogP contribution >= 0.6 is 0 Å². The van der Waals surface area contributed by atoms with E-state index in [-0.39, 0.29) is 5.82 Å². The van der Waals surface area contributed by atoms with E-state index in [4.69, 9.17) is 5.73 Å². The molecule has 1 heterocycles. The largest absolute Gasteiger partial charge is 0.366 e. The summed E-state index contributed by atoms with van der Waals surface area (Å²) in [7, 11) is 0. The summed E-state index contributed by atoms with van der Waals surface area (Å²) in [5, 5.41) is 0. The second-order valence-corrected chi connectivity index (χ2v) is 7.16. The minimum atomic E-state index is -0.440. The van der Waals surface area contributed by atoms with Crippen molar-refractivity contribution < 1.29 is 9.18 Å². The second kappa shape index (κ2) is 7.42. The number of aromatic nitrogens is 1. The monoisotopic (exact) mass is 342 g/mol. The molecular formula is C21H27FN2O. The summed E-state index contributed by atoms with van der Waals surface area (Å²) >= 11 is 0. The molecule has 1 saturated carbocycles. The number of nitrogens with two attached hydrogens (primary N) is 1. The van der Waals surface area contributed by atoms with Crippen LogP contribution in [0.5, 0.6) is 0 Å². The van der Waals surface area contributed by atoms with Gasteiger partial charge in [-0.25, -0.2) is 4.39 Å². The maximum absolute atomic E-state index is 13.8. The number of benzene rings is 1. The summed E-state index contributed by atoms with van der Waals surface area (Å²) < 4.78 is 16.0. The molecule has 0 aliphatic heterocycles. The number of hydrogen-bond donors (Lipinski definition) is 1. The highest BCUT2D eigenvalue weighted by Crippen LogP contribution is 2.37. The number of rotatable bonds is 3. The van der Waals surface area contributed by atoms with Crippen molar-refractivity contribution in [1.82, 2.24) is 4.57 Å².